The Hall–Kier alpha value is -3.30. The number of piperazine rings is 1. The number of fused-ring (bicyclic) bond motifs is 1. The smallest absolute Gasteiger partial charge is 0.290 e. The van der Waals surface area contributed by atoms with Crippen molar-refractivity contribution >= 4 is 45.6 Å². The number of nitrogens with zero attached hydrogens (tertiary/aromatic N) is 4. The Morgan fingerprint density at radius 3 is 2.51 bits per heavy atom. The quantitative estimate of drug-likeness (QED) is 0.528. The molecule has 1 aromatic heterocycles. The van der Waals surface area contributed by atoms with Crippen molar-refractivity contribution < 1.29 is 14.0 Å². The van der Waals surface area contributed by atoms with Crippen molar-refractivity contribution in [2.45, 2.75) is 20.3 Å². The highest BCUT2D eigenvalue weighted by Crippen LogP contribution is 2.32. The highest BCUT2D eigenvalue weighted by atomic mass is 32.2. The van der Waals surface area contributed by atoms with Crippen molar-refractivity contribution in [2.24, 2.45) is 0 Å². The van der Waals surface area contributed by atoms with E-state index in [2.05, 4.69) is 27.0 Å². The number of anilines is 1. The number of likely N-dealkylation sites (N-methyl/N-ethyl adjacent to an activating group) is 1. The summed E-state index contributed by atoms with van der Waals surface area (Å²) in [7, 11) is 0. The van der Waals surface area contributed by atoms with Crippen LogP contribution in [0.4, 0.5) is 14.9 Å². The number of rotatable bonds is 5. The number of nitrogens with one attached hydrogen (secondary N) is 1. The fourth-order valence-corrected chi connectivity index (χ4v) is 5.13. The Morgan fingerprint density at radius 2 is 1.86 bits per heavy atom. The Morgan fingerprint density at radius 1 is 1.06 bits per heavy atom. The van der Waals surface area contributed by atoms with E-state index in [0.717, 1.165) is 61.0 Å². The van der Waals surface area contributed by atoms with Crippen LogP contribution < -0.4 is 10.2 Å². The van der Waals surface area contributed by atoms with E-state index in [0.29, 0.717) is 34.1 Å². The molecule has 2 aliphatic rings. The number of thioether (sulfide) groups is 1. The molecule has 0 atom stereocenters. The zero-order valence-electron chi connectivity index (χ0n) is 19.7. The lowest BCUT2D eigenvalue weighted by atomic mass is 10.0. The summed E-state index contributed by atoms with van der Waals surface area (Å²) in [6, 6.07) is 10.9. The average Bonchev–Trinajstić information content (AvgIpc) is 3.19. The van der Waals surface area contributed by atoms with Crippen molar-refractivity contribution in [1.82, 2.24) is 20.2 Å². The lowest BCUT2D eigenvalue weighted by Crippen LogP contribution is -2.46. The molecule has 0 radical (unpaired) electrons. The Labute approximate surface area is 207 Å². The number of imide groups is 1. The van der Waals surface area contributed by atoms with Gasteiger partial charge in [0.05, 0.1) is 21.8 Å². The van der Waals surface area contributed by atoms with E-state index in [9.17, 15) is 9.59 Å². The Kier molecular flexibility index (Phi) is 6.53. The van der Waals surface area contributed by atoms with Gasteiger partial charge < -0.3 is 9.80 Å². The van der Waals surface area contributed by atoms with E-state index >= 15 is 4.39 Å². The first-order valence-corrected chi connectivity index (χ1v) is 12.6. The summed E-state index contributed by atoms with van der Waals surface area (Å²) < 4.78 is 15.3. The molecule has 0 saturated carbocycles. The molecule has 2 aromatic carbocycles. The molecule has 3 heterocycles. The van der Waals surface area contributed by atoms with Crippen molar-refractivity contribution in [3.63, 3.8) is 0 Å². The molecule has 0 spiro atoms. The van der Waals surface area contributed by atoms with Crippen LogP contribution in [0.2, 0.25) is 0 Å². The van der Waals surface area contributed by atoms with E-state index in [1.807, 2.05) is 37.3 Å². The lowest BCUT2D eigenvalue weighted by Gasteiger charge is -2.35. The summed E-state index contributed by atoms with van der Waals surface area (Å²) in [5, 5.41) is 2.64. The van der Waals surface area contributed by atoms with Gasteiger partial charge in [-0.3, -0.25) is 14.9 Å². The molecule has 2 saturated heterocycles. The topological polar surface area (TPSA) is 78.4 Å². The molecule has 2 fully saturated rings. The Bertz CT molecular complexity index is 1350. The lowest BCUT2D eigenvalue weighted by molar-refractivity contribution is -0.115. The van der Waals surface area contributed by atoms with Crippen molar-refractivity contribution in [3.05, 3.63) is 58.5 Å². The predicted octanol–water partition coefficient (Wildman–Crippen LogP) is 4.46. The largest absolute Gasteiger partial charge is 0.367 e. The predicted molar refractivity (Wildman–Crippen MR) is 138 cm³/mol. The zero-order valence-corrected chi connectivity index (χ0v) is 20.5. The summed E-state index contributed by atoms with van der Waals surface area (Å²) >= 11 is 0.872. The monoisotopic (exact) mass is 491 g/mol. The fourth-order valence-electron chi connectivity index (χ4n) is 4.45. The van der Waals surface area contributed by atoms with Crippen LogP contribution in [0, 0.1) is 5.82 Å². The van der Waals surface area contributed by atoms with Crippen LogP contribution in [-0.2, 0) is 11.2 Å². The minimum Gasteiger partial charge on any atom is -0.367 e. The number of benzene rings is 2. The second-order valence-corrected chi connectivity index (χ2v) is 9.57. The average molecular weight is 492 g/mol. The van der Waals surface area contributed by atoms with Gasteiger partial charge in [0.15, 0.2) is 0 Å². The molecule has 3 aromatic rings. The number of aryl methyl sites for hydroxylation is 1. The first-order chi connectivity index (χ1) is 16.9. The number of hydrogen-bond donors (Lipinski definition) is 1. The van der Waals surface area contributed by atoms with Gasteiger partial charge in [-0.05, 0) is 54.2 Å². The summed E-state index contributed by atoms with van der Waals surface area (Å²) in [4.78, 5) is 37.6. The van der Waals surface area contributed by atoms with E-state index in [4.69, 9.17) is 4.98 Å². The maximum Gasteiger partial charge on any atom is 0.290 e. The Balaban J connectivity index is 1.53. The van der Waals surface area contributed by atoms with Crippen LogP contribution in [0.3, 0.4) is 0 Å². The first kappa shape index (κ1) is 23.4. The summed E-state index contributed by atoms with van der Waals surface area (Å²) in [5.41, 5.74) is 3.41. The van der Waals surface area contributed by atoms with E-state index in [-0.39, 0.29) is 11.1 Å². The van der Waals surface area contributed by atoms with Crippen LogP contribution in [0.5, 0.6) is 0 Å². The molecular weight excluding hydrogens is 465 g/mol. The van der Waals surface area contributed by atoms with Gasteiger partial charge in [-0.2, -0.15) is 0 Å². The van der Waals surface area contributed by atoms with Crippen LogP contribution in [-0.4, -0.2) is 58.7 Å². The molecular formula is C26H26FN5O2S. The zero-order chi connectivity index (χ0) is 24.5. The maximum atomic E-state index is 15.3. The number of carbonyl (C=O) groups is 2. The van der Waals surface area contributed by atoms with Gasteiger partial charge >= 0.3 is 0 Å². The molecule has 35 heavy (non-hydrogen) atoms. The molecule has 2 amide bonds. The van der Waals surface area contributed by atoms with E-state index < -0.39 is 5.91 Å². The van der Waals surface area contributed by atoms with Gasteiger partial charge in [-0.25, -0.2) is 14.4 Å². The maximum absolute atomic E-state index is 15.3. The highest BCUT2D eigenvalue weighted by molar-refractivity contribution is 8.18. The third kappa shape index (κ3) is 4.78. The van der Waals surface area contributed by atoms with Crippen LogP contribution in [0.25, 0.3) is 28.2 Å². The summed E-state index contributed by atoms with van der Waals surface area (Å²) in [6.07, 6.45) is 2.32. The molecule has 0 aliphatic carbocycles. The first-order valence-electron chi connectivity index (χ1n) is 11.8. The van der Waals surface area contributed by atoms with Crippen molar-refractivity contribution in [3.8, 4) is 11.3 Å². The summed E-state index contributed by atoms with van der Waals surface area (Å²) in [5.74, 6) is -0.00139. The summed E-state index contributed by atoms with van der Waals surface area (Å²) in [6.45, 7) is 8.58. The third-order valence-electron chi connectivity index (χ3n) is 6.40. The number of amides is 2. The molecule has 9 heteroatoms. The molecule has 180 valence electrons. The van der Waals surface area contributed by atoms with Gasteiger partial charge in [0.2, 0.25) is 0 Å². The van der Waals surface area contributed by atoms with Crippen LogP contribution in [0.1, 0.15) is 25.2 Å². The number of carbonyl (C=O) groups excluding carboxylic acids is 2. The fraction of sp³-hybridized carbons (Fsp3) is 0.308. The minimum atomic E-state index is -0.407. The van der Waals surface area contributed by atoms with E-state index in [1.165, 1.54) is 0 Å². The number of aromatic nitrogens is 2. The SMILES string of the molecule is CCc1nc(-c2ccc(N3CCN(CC)CC3)c(F)c2)c2cc(C=C3SC(=O)NC3=O)ccc2n1. The van der Waals surface area contributed by atoms with Crippen LogP contribution >= 0.6 is 11.8 Å². The third-order valence-corrected chi connectivity index (χ3v) is 7.21. The molecule has 0 bridgehead atoms. The normalized spacial score (nSPS) is 18.0. The standard InChI is InChI=1S/C26H26FN5O2S/c1-3-23-28-20-7-5-16(14-22-25(33)30-26(34)35-22)13-18(20)24(29-23)17-6-8-21(19(27)15-17)32-11-9-31(4-2)10-12-32/h5-8,13-15H,3-4,9-12H2,1-2H3,(H,30,33,34). The van der Waals surface area contributed by atoms with Gasteiger partial charge in [-0.15, -0.1) is 0 Å². The van der Waals surface area contributed by atoms with Crippen molar-refractivity contribution in [2.75, 3.05) is 37.6 Å². The van der Waals surface area contributed by atoms with Crippen LogP contribution in [0.15, 0.2) is 41.3 Å². The molecule has 5 rings (SSSR count). The van der Waals surface area contributed by atoms with E-state index in [1.54, 1.807) is 12.1 Å². The minimum absolute atomic E-state index is 0.270. The van der Waals surface area contributed by atoms with Gasteiger partial charge in [0, 0.05) is 43.5 Å². The highest BCUT2D eigenvalue weighted by Gasteiger charge is 2.25. The van der Waals surface area contributed by atoms with Gasteiger partial charge in [-0.1, -0.05) is 26.0 Å². The molecule has 0 unspecified atom stereocenters. The number of halogens is 1. The molecule has 7 nitrogen and oxygen atoms in total. The van der Waals surface area contributed by atoms with Gasteiger partial charge in [0.1, 0.15) is 11.6 Å². The van der Waals surface area contributed by atoms with Gasteiger partial charge in [0.25, 0.3) is 11.1 Å². The van der Waals surface area contributed by atoms with Crippen molar-refractivity contribution in [1.29, 1.82) is 0 Å². The second kappa shape index (κ2) is 9.75. The molecule has 2 aliphatic heterocycles. The number of hydrogen-bond acceptors (Lipinski definition) is 7. The molecule has 1 N–H and O–H groups in total. The second-order valence-electron chi connectivity index (χ2n) is 8.56.